The smallest absolute Gasteiger partial charge is 0.338 e. The van der Waals surface area contributed by atoms with Crippen molar-refractivity contribution in [2.75, 3.05) is 31.1 Å². The van der Waals surface area contributed by atoms with Crippen LogP contribution in [0, 0.1) is 5.82 Å². The monoisotopic (exact) mass is 447 g/mol. The van der Waals surface area contributed by atoms with Crippen LogP contribution >= 0.6 is 11.6 Å². The number of anilines is 1. The molecule has 0 bridgehead atoms. The zero-order valence-corrected chi connectivity index (χ0v) is 18.3. The Balaban J connectivity index is 1.44. The van der Waals surface area contributed by atoms with E-state index in [9.17, 15) is 14.3 Å². The molecule has 2 aliphatic heterocycles. The number of carboxylic acid groups (broad SMARTS) is 1. The van der Waals surface area contributed by atoms with Crippen LogP contribution in [0.2, 0.25) is 5.02 Å². The molecule has 0 saturated carbocycles. The van der Waals surface area contributed by atoms with Gasteiger partial charge in [-0.15, -0.1) is 0 Å². The predicted molar refractivity (Wildman–Crippen MR) is 117 cm³/mol. The number of morpholine rings is 1. The quantitative estimate of drug-likeness (QED) is 0.750. The first-order valence-corrected chi connectivity index (χ1v) is 11.0. The van der Waals surface area contributed by atoms with E-state index < -0.39 is 11.8 Å². The van der Waals surface area contributed by atoms with Crippen LogP contribution in [0.5, 0.6) is 0 Å². The molecule has 0 aliphatic carbocycles. The Labute approximate surface area is 186 Å². The standard InChI is InChI=1S/C23H27ClFN3O3/c1-15-13-28(19(14-31-15)12-16-2-4-17(24)5-3-16)18-7-10-27(11-8-18)22-21(25)20(23(29)30)6-9-26-22/h2-6,9,15,18-19H,7-8,10-14H2,1H3,(H,29,30)/t15-,19-/m0/s1. The minimum absolute atomic E-state index is 0.131. The van der Waals surface area contributed by atoms with Gasteiger partial charge in [0.05, 0.1) is 12.7 Å². The summed E-state index contributed by atoms with van der Waals surface area (Å²) in [6, 6.07) is 9.79. The first-order chi connectivity index (χ1) is 14.9. The first kappa shape index (κ1) is 22.0. The number of rotatable bonds is 5. The number of halogens is 2. The van der Waals surface area contributed by atoms with Crippen LogP contribution in [-0.2, 0) is 11.2 Å². The molecule has 1 aromatic heterocycles. The Hall–Kier alpha value is -2.22. The number of hydrogen-bond donors (Lipinski definition) is 1. The molecule has 1 aromatic carbocycles. The summed E-state index contributed by atoms with van der Waals surface area (Å²) in [5, 5.41) is 9.91. The molecule has 6 nitrogen and oxygen atoms in total. The zero-order chi connectivity index (χ0) is 22.0. The summed E-state index contributed by atoms with van der Waals surface area (Å²) in [7, 11) is 0. The molecule has 4 rings (SSSR count). The van der Waals surface area contributed by atoms with E-state index in [1.807, 2.05) is 17.0 Å². The van der Waals surface area contributed by atoms with Crippen LogP contribution in [0.4, 0.5) is 10.2 Å². The summed E-state index contributed by atoms with van der Waals surface area (Å²) in [4.78, 5) is 19.8. The number of piperidine rings is 1. The SMILES string of the molecule is C[C@H]1CN(C2CCN(c3nccc(C(=O)O)c3F)CC2)[C@@H](Cc2ccc(Cl)cc2)CO1. The molecule has 2 saturated heterocycles. The van der Waals surface area contributed by atoms with Gasteiger partial charge in [-0.3, -0.25) is 4.90 Å². The van der Waals surface area contributed by atoms with Crippen molar-refractivity contribution in [3.8, 4) is 0 Å². The fourth-order valence-corrected chi connectivity index (χ4v) is 4.74. The summed E-state index contributed by atoms with van der Waals surface area (Å²) in [6.07, 6.45) is 4.15. The van der Waals surface area contributed by atoms with Crippen molar-refractivity contribution in [1.82, 2.24) is 9.88 Å². The molecule has 2 aromatic rings. The highest BCUT2D eigenvalue weighted by atomic mass is 35.5. The molecular formula is C23H27ClFN3O3. The molecule has 0 radical (unpaired) electrons. The normalized spacial score (nSPS) is 23.1. The lowest BCUT2D eigenvalue weighted by Crippen LogP contribution is -2.56. The van der Waals surface area contributed by atoms with Gasteiger partial charge in [-0.25, -0.2) is 14.2 Å². The number of aromatic carboxylic acids is 1. The van der Waals surface area contributed by atoms with Crippen molar-refractivity contribution in [1.29, 1.82) is 0 Å². The van der Waals surface area contributed by atoms with Crippen LogP contribution in [-0.4, -0.2) is 65.4 Å². The molecular weight excluding hydrogens is 421 g/mol. The Morgan fingerprint density at radius 1 is 1.26 bits per heavy atom. The lowest BCUT2D eigenvalue weighted by Gasteiger charge is -2.46. The van der Waals surface area contributed by atoms with Crippen molar-refractivity contribution in [2.45, 2.75) is 44.4 Å². The summed E-state index contributed by atoms with van der Waals surface area (Å²) < 4.78 is 20.6. The minimum atomic E-state index is -1.27. The fourth-order valence-electron chi connectivity index (χ4n) is 4.61. The van der Waals surface area contributed by atoms with Gasteiger partial charge in [0.15, 0.2) is 11.6 Å². The highest BCUT2D eigenvalue weighted by Crippen LogP contribution is 2.28. The maximum Gasteiger partial charge on any atom is 0.338 e. The molecule has 0 amide bonds. The fraction of sp³-hybridized carbons (Fsp3) is 0.478. The Kier molecular flexibility index (Phi) is 6.74. The van der Waals surface area contributed by atoms with Gasteiger partial charge in [0.2, 0.25) is 0 Å². The zero-order valence-electron chi connectivity index (χ0n) is 17.5. The Morgan fingerprint density at radius 2 is 1.97 bits per heavy atom. The second-order valence-electron chi connectivity index (χ2n) is 8.34. The average molecular weight is 448 g/mol. The predicted octanol–water partition coefficient (Wildman–Crippen LogP) is 3.87. The van der Waals surface area contributed by atoms with Crippen molar-refractivity contribution in [2.24, 2.45) is 0 Å². The van der Waals surface area contributed by atoms with Gasteiger partial charge in [-0.2, -0.15) is 0 Å². The van der Waals surface area contributed by atoms with Gasteiger partial charge in [0.25, 0.3) is 0 Å². The van der Waals surface area contributed by atoms with Gasteiger partial charge in [0.1, 0.15) is 5.56 Å². The lowest BCUT2D eigenvalue weighted by molar-refractivity contribution is -0.0745. The van der Waals surface area contributed by atoms with Gasteiger partial charge in [-0.1, -0.05) is 23.7 Å². The van der Waals surface area contributed by atoms with Crippen LogP contribution in [0.15, 0.2) is 36.5 Å². The number of ether oxygens (including phenoxy) is 1. The molecule has 2 fully saturated rings. The second kappa shape index (κ2) is 9.51. The molecule has 166 valence electrons. The third-order valence-electron chi connectivity index (χ3n) is 6.23. The topological polar surface area (TPSA) is 65.9 Å². The van der Waals surface area contributed by atoms with Gasteiger partial charge >= 0.3 is 5.97 Å². The highest BCUT2D eigenvalue weighted by Gasteiger charge is 2.35. The number of hydrogen-bond acceptors (Lipinski definition) is 5. The van der Waals surface area contributed by atoms with Crippen LogP contribution in [0.3, 0.4) is 0 Å². The van der Waals surface area contributed by atoms with Crippen LogP contribution < -0.4 is 4.90 Å². The van der Waals surface area contributed by atoms with Crippen molar-refractivity contribution in [3.05, 3.63) is 58.5 Å². The van der Waals surface area contributed by atoms with Gasteiger partial charge in [-0.05, 0) is 49.9 Å². The third-order valence-corrected chi connectivity index (χ3v) is 6.48. The van der Waals surface area contributed by atoms with E-state index in [1.165, 1.54) is 17.8 Å². The summed E-state index contributed by atoms with van der Waals surface area (Å²) >= 11 is 6.02. The highest BCUT2D eigenvalue weighted by molar-refractivity contribution is 6.30. The molecule has 31 heavy (non-hydrogen) atoms. The van der Waals surface area contributed by atoms with E-state index in [1.54, 1.807) is 0 Å². The second-order valence-corrected chi connectivity index (χ2v) is 8.78. The molecule has 0 unspecified atom stereocenters. The van der Waals surface area contributed by atoms with E-state index in [2.05, 4.69) is 28.9 Å². The van der Waals surface area contributed by atoms with E-state index >= 15 is 0 Å². The van der Waals surface area contributed by atoms with Crippen LogP contribution in [0.25, 0.3) is 0 Å². The lowest BCUT2D eigenvalue weighted by atomic mass is 9.96. The summed E-state index contributed by atoms with van der Waals surface area (Å²) in [6.45, 7) is 4.91. The minimum Gasteiger partial charge on any atom is -0.478 e. The van der Waals surface area contributed by atoms with E-state index in [4.69, 9.17) is 16.3 Å². The molecule has 3 heterocycles. The number of aromatic nitrogens is 1. The third kappa shape index (κ3) is 5.00. The molecule has 8 heteroatoms. The maximum atomic E-state index is 14.6. The van der Waals surface area contributed by atoms with E-state index in [0.717, 1.165) is 30.8 Å². The number of nitrogens with zero attached hydrogens (tertiary/aromatic N) is 3. The van der Waals surface area contributed by atoms with Crippen molar-refractivity contribution in [3.63, 3.8) is 0 Å². The number of benzene rings is 1. The average Bonchev–Trinajstić information content (AvgIpc) is 2.77. The first-order valence-electron chi connectivity index (χ1n) is 10.7. The summed E-state index contributed by atoms with van der Waals surface area (Å²) in [5.74, 6) is -1.90. The van der Waals surface area contributed by atoms with Gasteiger partial charge < -0.3 is 14.7 Å². The number of pyridine rings is 1. The Bertz CT molecular complexity index is 919. The number of carboxylic acids is 1. The molecule has 0 spiro atoms. The largest absolute Gasteiger partial charge is 0.478 e. The van der Waals surface area contributed by atoms with Gasteiger partial charge in [0, 0.05) is 42.9 Å². The summed E-state index contributed by atoms with van der Waals surface area (Å²) in [5.41, 5.74) is 0.893. The molecule has 2 atom stereocenters. The van der Waals surface area contributed by atoms with E-state index in [-0.39, 0.29) is 23.5 Å². The maximum absolute atomic E-state index is 14.6. The Morgan fingerprint density at radius 3 is 2.65 bits per heavy atom. The van der Waals surface area contributed by atoms with Crippen molar-refractivity contribution < 1.29 is 19.0 Å². The van der Waals surface area contributed by atoms with Crippen LogP contribution in [0.1, 0.15) is 35.7 Å². The molecule has 2 aliphatic rings. The van der Waals surface area contributed by atoms with E-state index in [0.29, 0.717) is 25.7 Å². The number of carbonyl (C=O) groups is 1. The van der Waals surface area contributed by atoms with Crippen molar-refractivity contribution >= 4 is 23.4 Å². The molecule has 1 N–H and O–H groups in total.